The third kappa shape index (κ3) is 8.09. The predicted octanol–water partition coefficient (Wildman–Crippen LogP) is 14.7. The Bertz CT molecular complexity index is 2400. The third-order valence-electron chi connectivity index (χ3n) is 8.93. The van der Waals surface area contributed by atoms with E-state index in [0.717, 1.165) is 34.2 Å². The van der Waals surface area contributed by atoms with Crippen molar-refractivity contribution in [3.63, 3.8) is 0 Å². The number of benzene rings is 7. The molecule has 0 fully saturated rings. The monoisotopic (exact) mass is 679 g/mol. The molecular formula is C50H49NO. The highest BCUT2D eigenvalue weighted by Gasteiger charge is 2.17. The van der Waals surface area contributed by atoms with Crippen LogP contribution >= 0.6 is 0 Å². The summed E-state index contributed by atoms with van der Waals surface area (Å²) >= 11 is 0. The molecule has 0 aliphatic carbocycles. The predicted molar refractivity (Wildman–Crippen MR) is 228 cm³/mol. The average molecular weight is 680 g/mol. The zero-order valence-corrected chi connectivity index (χ0v) is 31.1. The topological polar surface area (TPSA) is 18.1 Å². The van der Waals surface area contributed by atoms with E-state index in [2.05, 4.69) is 184 Å². The van der Waals surface area contributed by atoms with Gasteiger partial charge in [0.2, 0.25) is 0 Å². The molecule has 0 atom stereocenters. The van der Waals surface area contributed by atoms with E-state index in [1.54, 1.807) is 0 Å². The molecule has 2 aromatic heterocycles. The second-order valence-corrected chi connectivity index (χ2v) is 12.1. The highest BCUT2D eigenvalue weighted by atomic mass is 16.3. The summed E-state index contributed by atoms with van der Waals surface area (Å²) in [6.07, 6.45) is 1.11. The van der Waals surface area contributed by atoms with Gasteiger partial charge in [0.05, 0.1) is 16.7 Å². The Labute approximate surface area is 309 Å². The SMILES string of the molecule is C=C.CC.CCc1ccc(-c2ccccc2)cc1.Cc1cccc2c1oc1c(-n3c4ccccc4c4ccccc43)cccc12.Cc1ccccc1. The van der Waals surface area contributed by atoms with E-state index >= 15 is 0 Å². The number of para-hydroxylation sites is 4. The summed E-state index contributed by atoms with van der Waals surface area (Å²) in [5.41, 5.74) is 11.9. The minimum absolute atomic E-state index is 0.938. The molecule has 7 aromatic carbocycles. The van der Waals surface area contributed by atoms with Crippen LogP contribution in [0.2, 0.25) is 0 Å². The van der Waals surface area contributed by atoms with Crippen molar-refractivity contribution in [2.75, 3.05) is 0 Å². The van der Waals surface area contributed by atoms with Gasteiger partial charge in [-0.25, -0.2) is 0 Å². The Morgan fingerprint density at radius 2 is 0.923 bits per heavy atom. The Balaban J connectivity index is 0.000000175. The van der Waals surface area contributed by atoms with Gasteiger partial charge in [-0.1, -0.05) is 178 Å². The van der Waals surface area contributed by atoms with Crippen LogP contribution < -0.4 is 0 Å². The molecule has 0 spiro atoms. The van der Waals surface area contributed by atoms with Gasteiger partial charge in [0, 0.05) is 21.5 Å². The highest BCUT2D eigenvalue weighted by molar-refractivity contribution is 6.12. The molecule has 0 bridgehead atoms. The van der Waals surface area contributed by atoms with Gasteiger partial charge in [0.25, 0.3) is 0 Å². The van der Waals surface area contributed by atoms with Crippen LogP contribution in [-0.4, -0.2) is 4.57 Å². The normalized spacial score (nSPS) is 10.2. The maximum Gasteiger partial charge on any atom is 0.159 e. The number of aromatic nitrogens is 1. The van der Waals surface area contributed by atoms with Crippen molar-refractivity contribution >= 4 is 43.7 Å². The van der Waals surface area contributed by atoms with Crippen molar-refractivity contribution in [2.45, 2.75) is 41.0 Å². The van der Waals surface area contributed by atoms with Crippen LogP contribution in [0.1, 0.15) is 37.5 Å². The van der Waals surface area contributed by atoms with E-state index in [9.17, 15) is 0 Å². The van der Waals surface area contributed by atoms with Gasteiger partial charge in [0.1, 0.15) is 5.58 Å². The van der Waals surface area contributed by atoms with E-state index < -0.39 is 0 Å². The third-order valence-corrected chi connectivity index (χ3v) is 8.93. The van der Waals surface area contributed by atoms with Gasteiger partial charge in [-0.2, -0.15) is 0 Å². The summed E-state index contributed by atoms with van der Waals surface area (Å²) in [4.78, 5) is 0. The Morgan fingerprint density at radius 3 is 1.46 bits per heavy atom. The summed E-state index contributed by atoms with van der Waals surface area (Å²) in [5.74, 6) is 0. The number of hydrogen-bond donors (Lipinski definition) is 0. The van der Waals surface area contributed by atoms with E-state index in [-0.39, 0.29) is 0 Å². The molecule has 52 heavy (non-hydrogen) atoms. The molecule has 0 saturated heterocycles. The molecule has 260 valence electrons. The zero-order chi connectivity index (χ0) is 36.9. The van der Waals surface area contributed by atoms with Crippen LogP contribution in [0, 0.1) is 13.8 Å². The average Bonchev–Trinajstić information content (AvgIpc) is 3.78. The first-order valence-electron chi connectivity index (χ1n) is 18.2. The van der Waals surface area contributed by atoms with Crippen LogP contribution in [0.5, 0.6) is 0 Å². The van der Waals surface area contributed by atoms with Gasteiger partial charge < -0.3 is 8.98 Å². The van der Waals surface area contributed by atoms with Gasteiger partial charge in [0.15, 0.2) is 5.58 Å². The smallest absolute Gasteiger partial charge is 0.159 e. The second-order valence-electron chi connectivity index (χ2n) is 12.1. The fourth-order valence-electron chi connectivity index (χ4n) is 6.40. The van der Waals surface area contributed by atoms with Crippen molar-refractivity contribution in [1.29, 1.82) is 0 Å². The highest BCUT2D eigenvalue weighted by Crippen LogP contribution is 2.38. The fraction of sp³-hybridized carbons (Fsp3) is 0.120. The quantitative estimate of drug-likeness (QED) is 0.170. The number of nitrogens with zero attached hydrogens (tertiary/aromatic N) is 1. The van der Waals surface area contributed by atoms with Crippen molar-refractivity contribution in [3.05, 3.63) is 200 Å². The zero-order valence-electron chi connectivity index (χ0n) is 31.1. The summed E-state index contributed by atoms with van der Waals surface area (Å²) in [6.45, 7) is 16.4. The van der Waals surface area contributed by atoms with Crippen molar-refractivity contribution in [1.82, 2.24) is 4.57 Å². The van der Waals surface area contributed by atoms with Gasteiger partial charge in [-0.05, 0) is 60.7 Å². The minimum atomic E-state index is 0.938. The van der Waals surface area contributed by atoms with E-state index in [4.69, 9.17) is 4.42 Å². The van der Waals surface area contributed by atoms with Crippen LogP contribution in [0.25, 0.3) is 60.6 Å². The molecule has 9 rings (SSSR count). The molecule has 2 nitrogen and oxygen atoms in total. The van der Waals surface area contributed by atoms with Crippen LogP contribution in [0.4, 0.5) is 0 Å². The molecular weight excluding hydrogens is 631 g/mol. The molecule has 0 amide bonds. The minimum Gasteiger partial charge on any atom is -0.454 e. The molecule has 2 heterocycles. The lowest BCUT2D eigenvalue weighted by Crippen LogP contribution is -1.93. The standard InChI is InChI=1S/C25H17NO.C14H14.C7H8.C2H6.C2H4/c1-16-8-6-11-19-20-12-7-15-23(25(20)27-24(16)19)26-21-13-4-2-9-17(21)18-10-3-5-14-22(18)26;1-2-12-8-10-14(11-9-12)13-6-4-3-5-7-13;1-7-5-3-2-4-6-7;2*1-2/h2-15H,1H3;3-11H,2H2,1H3;2-6H,1H3;1-2H3;1-2H2. The second kappa shape index (κ2) is 18.2. The molecule has 2 heteroatoms. The lowest BCUT2D eigenvalue weighted by atomic mass is 10.0. The van der Waals surface area contributed by atoms with Gasteiger partial charge in [-0.15, -0.1) is 13.2 Å². The lowest BCUT2D eigenvalue weighted by molar-refractivity contribution is 0.663. The fourth-order valence-corrected chi connectivity index (χ4v) is 6.40. The largest absolute Gasteiger partial charge is 0.454 e. The molecule has 0 unspecified atom stereocenters. The maximum atomic E-state index is 6.42. The molecule has 0 N–H and O–H groups in total. The molecule has 0 aliphatic heterocycles. The number of hydrogen-bond acceptors (Lipinski definition) is 1. The summed E-state index contributed by atoms with van der Waals surface area (Å²) in [6, 6.07) is 59.4. The Kier molecular flexibility index (Phi) is 13.0. The van der Waals surface area contributed by atoms with E-state index in [0.29, 0.717) is 0 Å². The Hall–Kier alpha value is -6.12. The lowest BCUT2D eigenvalue weighted by Gasteiger charge is -2.08. The van der Waals surface area contributed by atoms with Crippen LogP contribution in [-0.2, 0) is 6.42 Å². The first-order valence-corrected chi connectivity index (χ1v) is 18.2. The van der Waals surface area contributed by atoms with Crippen molar-refractivity contribution in [2.24, 2.45) is 0 Å². The number of furan rings is 1. The first kappa shape index (κ1) is 37.1. The molecule has 9 aromatic rings. The molecule has 0 saturated carbocycles. The Morgan fingerprint density at radius 1 is 0.462 bits per heavy atom. The van der Waals surface area contributed by atoms with E-state index in [1.165, 1.54) is 49.4 Å². The molecule has 0 aliphatic rings. The van der Waals surface area contributed by atoms with Crippen molar-refractivity contribution in [3.8, 4) is 16.8 Å². The summed E-state index contributed by atoms with van der Waals surface area (Å²) in [7, 11) is 0. The van der Waals surface area contributed by atoms with Crippen LogP contribution in [0.3, 0.4) is 0 Å². The summed E-state index contributed by atoms with van der Waals surface area (Å²) in [5, 5.41) is 4.86. The van der Waals surface area contributed by atoms with Crippen LogP contribution in [0.15, 0.2) is 187 Å². The maximum absolute atomic E-state index is 6.42. The number of aryl methyl sites for hydroxylation is 3. The number of rotatable bonds is 3. The number of fused-ring (bicyclic) bond motifs is 6. The van der Waals surface area contributed by atoms with Gasteiger partial charge in [-0.3, -0.25) is 0 Å². The van der Waals surface area contributed by atoms with E-state index in [1.807, 2.05) is 38.1 Å². The van der Waals surface area contributed by atoms with Gasteiger partial charge >= 0.3 is 0 Å². The molecule has 0 radical (unpaired) electrons. The first-order chi connectivity index (χ1) is 25.6. The summed E-state index contributed by atoms with van der Waals surface area (Å²) < 4.78 is 8.74. The van der Waals surface area contributed by atoms with Crippen molar-refractivity contribution < 1.29 is 4.42 Å².